The average molecular weight is 518 g/mol. The number of H-pyrrole nitrogens is 1. The quantitative estimate of drug-likeness (QED) is 0.400. The topological polar surface area (TPSA) is 81.3 Å². The fourth-order valence-electron chi connectivity index (χ4n) is 5.73. The number of piperidine rings is 1. The van der Waals surface area contributed by atoms with Gasteiger partial charge in [0, 0.05) is 61.2 Å². The van der Waals surface area contributed by atoms with Crippen molar-refractivity contribution in [3.63, 3.8) is 0 Å². The molecule has 3 aromatic carbocycles. The van der Waals surface area contributed by atoms with Crippen LogP contribution in [0.1, 0.15) is 44.8 Å². The zero-order valence-electron chi connectivity index (χ0n) is 22.3. The van der Waals surface area contributed by atoms with E-state index in [-0.39, 0.29) is 17.2 Å². The lowest BCUT2D eigenvalue weighted by Crippen LogP contribution is -2.63. The van der Waals surface area contributed by atoms with E-state index >= 15 is 0 Å². The lowest BCUT2D eigenvalue weighted by molar-refractivity contribution is -0.00721. The molecule has 7 nitrogen and oxygen atoms in total. The molecule has 1 spiro atoms. The van der Waals surface area contributed by atoms with Crippen LogP contribution < -0.4 is 5.32 Å². The molecule has 3 heterocycles. The Bertz CT molecular complexity index is 1630. The van der Waals surface area contributed by atoms with Crippen LogP contribution >= 0.6 is 0 Å². The molecule has 2 aliphatic rings. The fraction of sp³-hybridized carbons (Fsp3) is 0.281. The first-order valence-electron chi connectivity index (χ1n) is 13.3. The van der Waals surface area contributed by atoms with Crippen LogP contribution in [0.2, 0.25) is 0 Å². The first kappa shape index (κ1) is 24.9. The molecule has 0 atom stereocenters. The highest BCUT2D eigenvalue weighted by molar-refractivity contribution is 6.01. The summed E-state index contributed by atoms with van der Waals surface area (Å²) in [5.41, 5.74) is 5.46. The van der Waals surface area contributed by atoms with E-state index in [0.717, 1.165) is 53.8 Å². The minimum atomic E-state index is -0.0586. The molecule has 0 radical (unpaired) electrons. The lowest BCUT2D eigenvalue weighted by Gasteiger charge is -2.52. The number of aromatic amines is 1. The molecule has 1 aromatic heterocycles. The predicted molar refractivity (Wildman–Crippen MR) is 152 cm³/mol. The van der Waals surface area contributed by atoms with Crippen LogP contribution in [-0.2, 0) is 0 Å². The van der Waals surface area contributed by atoms with E-state index in [2.05, 4.69) is 27.4 Å². The summed E-state index contributed by atoms with van der Waals surface area (Å²) in [7, 11) is 3.50. The van der Waals surface area contributed by atoms with Crippen LogP contribution in [0, 0.1) is 17.3 Å². The van der Waals surface area contributed by atoms with Gasteiger partial charge in [0.25, 0.3) is 11.8 Å². The van der Waals surface area contributed by atoms with Gasteiger partial charge in [-0.15, -0.1) is 0 Å². The highest BCUT2D eigenvalue weighted by atomic mass is 16.2. The van der Waals surface area contributed by atoms with Gasteiger partial charge in [0.1, 0.15) is 5.69 Å². The van der Waals surface area contributed by atoms with Crippen molar-refractivity contribution < 1.29 is 9.59 Å². The average Bonchev–Trinajstić information content (AvgIpc) is 3.36. The van der Waals surface area contributed by atoms with Gasteiger partial charge in [-0.2, -0.15) is 5.10 Å². The number of carbonyl (C=O) groups is 2. The molecule has 0 unspecified atom stereocenters. The second-order valence-corrected chi connectivity index (χ2v) is 10.8. The van der Waals surface area contributed by atoms with E-state index in [9.17, 15) is 9.59 Å². The number of nitrogens with zero attached hydrogens (tertiary/aromatic N) is 3. The summed E-state index contributed by atoms with van der Waals surface area (Å²) in [5, 5.41) is 11.8. The fourth-order valence-corrected chi connectivity index (χ4v) is 5.73. The van der Waals surface area contributed by atoms with Gasteiger partial charge >= 0.3 is 0 Å². The summed E-state index contributed by atoms with van der Waals surface area (Å²) in [6.45, 7) is 3.68. The smallest absolute Gasteiger partial charge is 0.253 e. The second kappa shape index (κ2) is 10.0. The molecule has 6 rings (SSSR count). The third-order valence-electron chi connectivity index (χ3n) is 7.81. The summed E-state index contributed by atoms with van der Waals surface area (Å²) in [5.74, 6) is 6.49. The molecule has 0 aliphatic carbocycles. The van der Waals surface area contributed by atoms with Crippen molar-refractivity contribution in [2.75, 3.05) is 40.3 Å². The van der Waals surface area contributed by atoms with Gasteiger partial charge in [-0.05, 0) is 66.8 Å². The Balaban J connectivity index is 1.29. The minimum Gasteiger partial charge on any atom is -0.345 e. The SMILES string of the molecule is CN(C)C(=O)c1ccccc1-c1ccccc1C#Cc1n[nH]c2ccc(C(=O)N3CC4(CCCNC4)C3)cc12. The molecule has 0 bridgehead atoms. The summed E-state index contributed by atoms with van der Waals surface area (Å²) >= 11 is 0. The standard InChI is InChI=1S/C32H31N5O2/c1-36(2)31(39)26-11-6-5-10-25(26)24-9-4-3-8-22(24)12-14-28-27-18-23(13-15-29(27)35-34-28)30(38)37-20-32(21-37)16-7-17-33-19-32/h3-6,8-11,13,15,18,33H,7,16-17,19-21H2,1-2H3,(H,34,35). The first-order valence-corrected chi connectivity index (χ1v) is 13.3. The Kier molecular flexibility index (Phi) is 6.41. The van der Waals surface area contributed by atoms with Crippen molar-refractivity contribution >= 4 is 22.7 Å². The number of nitrogens with one attached hydrogen (secondary N) is 2. The predicted octanol–water partition coefficient (Wildman–Crippen LogP) is 4.16. The Morgan fingerprint density at radius 3 is 2.51 bits per heavy atom. The molecule has 2 fully saturated rings. The van der Waals surface area contributed by atoms with Crippen LogP contribution in [0.15, 0.2) is 66.7 Å². The van der Waals surface area contributed by atoms with Gasteiger partial charge in [0.15, 0.2) is 0 Å². The van der Waals surface area contributed by atoms with Crippen LogP contribution in [0.5, 0.6) is 0 Å². The number of hydrogen-bond acceptors (Lipinski definition) is 4. The molecule has 196 valence electrons. The van der Waals surface area contributed by atoms with E-state index in [1.165, 1.54) is 12.8 Å². The van der Waals surface area contributed by atoms with Gasteiger partial charge in [-0.25, -0.2) is 0 Å². The Morgan fingerprint density at radius 2 is 1.74 bits per heavy atom. The number of fused-ring (bicyclic) bond motifs is 1. The van der Waals surface area contributed by atoms with Crippen molar-refractivity contribution in [2.24, 2.45) is 5.41 Å². The number of rotatable bonds is 3. The highest BCUT2D eigenvalue weighted by Gasteiger charge is 2.45. The molecule has 4 aromatic rings. The van der Waals surface area contributed by atoms with E-state index in [1.807, 2.05) is 71.6 Å². The zero-order chi connectivity index (χ0) is 27.0. The Morgan fingerprint density at radius 1 is 0.974 bits per heavy atom. The number of carbonyl (C=O) groups excluding carboxylic acids is 2. The molecule has 0 saturated carbocycles. The Labute approximate surface area is 228 Å². The van der Waals surface area contributed by atoms with Crippen LogP contribution in [-0.4, -0.2) is 72.1 Å². The van der Waals surface area contributed by atoms with Crippen LogP contribution in [0.4, 0.5) is 0 Å². The maximum atomic E-state index is 13.3. The van der Waals surface area contributed by atoms with Gasteiger partial charge in [0.2, 0.25) is 0 Å². The molecule has 2 saturated heterocycles. The number of amides is 2. The van der Waals surface area contributed by atoms with Gasteiger partial charge in [-0.1, -0.05) is 42.3 Å². The summed E-state index contributed by atoms with van der Waals surface area (Å²) in [6.07, 6.45) is 2.35. The van der Waals surface area contributed by atoms with Crippen molar-refractivity contribution in [3.8, 4) is 23.0 Å². The molecular weight excluding hydrogens is 486 g/mol. The Hall–Kier alpha value is -4.41. The van der Waals surface area contributed by atoms with Gasteiger partial charge in [-0.3, -0.25) is 14.7 Å². The van der Waals surface area contributed by atoms with Crippen LogP contribution in [0.25, 0.3) is 22.0 Å². The number of hydrogen-bond donors (Lipinski definition) is 2. The maximum Gasteiger partial charge on any atom is 0.253 e. The number of benzene rings is 3. The third kappa shape index (κ3) is 4.68. The molecule has 2 amide bonds. The number of aromatic nitrogens is 2. The zero-order valence-corrected chi connectivity index (χ0v) is 22.3. The molecule has 2 aliphatic heterocycles. The number of likely N-dealkylation sites (tertiary alicyclic amines) is 1. The highest BCUT2D eigenvalue weighted by Crippen LogP contribution is 2.37. The summed E-state index contributed by atoms with van der Waals surface area (Å²) in [6, 6.07) is 21.0. The van der Waals surface area contributed by atoms with Crippen molar-refractivity contribution in [3.05, 3.63) is 89.1 Å². The normalized spacial score (nSPS) is 15.9. The molecule has 39 heavy (non-hydrogen) atoms. The molecule has 2 N–H and O–H groups in total. The monoisotopic (exact) mass is 517 g/mol. The molecule has 7 heteroatoms. The van der Waals surface area contributed by atoms with E-state index in [0.29, 0.717) is 16.8 Å². The van der Waals surface area contributed by atoms with E-state index in [1.54, 1.807) is 19.0 Å². The van der Waals surface area contributed by atoms with Gasteiger partial charge in [0.05, 0.1) is 5.52 Å². The van der Waals surface area contributed by atoms with Gasteiger partial charge < -0.3 is 15.1 Å². The van der Waals surface area contributed by atoms with E-state index in [4.69, 9.17) is 0 Å². The lowest BCUT2D eigenvalue weighted by atomic mass is 9.74. The largest absolute Gasteiger partial charge is 0.345 e. The van der Waals surface area contributed by atoms with Crippen molar-refractivity contribution in [1.82, 2.24) is 25.3 Å². The second-order valence-electron chi connectivity index (χ2n) is 10.8. The van der Waals surface area contributed by atoms with Crippen molar-refractivity contribution in [1.29, 1.82) is 0 Å². The minimum absolute atomic E-state index is 0.0562. The summed E-state index contributed by atoms with van der Waals surface area (Å²) < 4.78 is 0. The maximum absolute atomic E-state index is 13.3. The van der Waals surface area contributed by atoms with Crippen LogP contribution in [0.3, 0.4) is 0 Å². The summed E-state index contributed by atoms with van der Waals surface area (Å²) in [4.78, 5) is 29.6. The molecular formula is C32H31N5O2. The van der Waals surface area contributed by atoms with E-state index < -0.39 is 0 Å². The van der Waals surface area contributed by atoms with Crippen molar-refractivity contribution in [2.45, 2.75) is 12.8 Å². The first-order chi connectivity index (χ1) is 18.9. The third-order valence-corrected chi connectivity index (χ3v) is 7.81.